The number of hydrazone groups is 1. The summed E-state index contributed by atoms with van der Waals surface area (Å²) < 4.78 is 37.6. The molecule has 0 spiro atoms. The average Bonchev–Trinajstić information content (AvgIpc) is 2.88. The van der Waals surface area contributed by atoms with Gasteiger partial charge in [-0.05, 0) is 43.3 Å². The third kappa shape index (κ3) is 3.57. The first-order valence-electron chi connectivity index (χ1n) is 7.38. The first-order valence-corrected chi connectivity index (χ1v) is 7.38. The Hall–Kier alpha value is -3.03. The van der Waals surface area contributed by atoms with Gasteiger partial charge in [-0.25, -0.2) is 0 Å². The molecule has 0 saturated heterocycles. The van der Waals surface area contributed by atoms with Crippen molar-refractivity contribution in [3.8, 4) is 0 Å². The molecule has 0 aromatic heterocycles. The minimum Gasteiger partial charge on any atom is -0.269 e. The molecular weight excluding hydrogens is 333 g/mol. The van der Waals surface area contributed by atoms with Crippen LogP contribution in [0.2, 0.25) is 0 Å². The number of benzene rings is 2. The molecule has 25 heavy (non-hydrogen) atoms. The Morgan fingerprint density at radius 1 is 1.04 bits per heavy atom. The zero-order valence-electron chi connectivity index (χ0n) is 13.1. The van der Waals surface area contributed by atoms with E-state index in [1.807, 2.05) is 6.07 Å². The van der Waals surface area contributed by atoms with E-state index in [1.54, 1.807) is 31.2 Å². The van der Waals surface area contributed by atoms with E-state index in [1.165, 1.54) is 17.1 Å². The van der Waals surface area contributed by atoms with Gasteiger partial charge < -0.3 is 0 Å². The number of amides is 1. The number of halogens is 3. The summed E-state index contributed by atoms with van der Waals surface area (Å²) in [5.74, 6) is -0.362. The summed E-state index contributed by atoms with van der Waals surface area (Å²) in [4.78, 5) is 12.4. The zero-order valence-corrected chi connectivity index (χ0v) is 13.1. The van der Waals surface area contributed by atoms with Crippen molar-refractivity contribution in [2.45, 2.75) is 19.1 Å². The normalized spacial score (nSPS) is 18.1. The van der Waals surface area contributed by atoms with Crippen molar-refractivity contribution in [3.63, 3.8) is 0 Å². The number of hydrogen-bond donors (Lipinski definition) is 0. The SMILES string of the molecule is CC1=NN(c2ccccc2)C(=O)C1N=Nc1ccc(C(F)(F)F)cc1. The molecule has 3 rings (SSSR count). The number of carbonyl (C=O) groups is 1. The highest BCUT2D eigenvalue weighted by Crippen LogP contribution is 2.30. The maximum absolute atomic E-state index is 12.5. The Morgan fingerprint density at radius 2 is 1.68 bits per heavy atom. The lowest BCUT2D eigenvalue weighted by molar-refractivity contribution is -0.137. The topological polar surface area (TPSA) is 57.4 Å². The summed E-state index contributed by atoms with van der Waals surface area (Å²) in [6.07, 6.45) is -4.41. The molecular formula is C17H13F3N4O. The zero-order chi connectivity index (χ0) is 18.0. The molecule has 0 N–H and O–H groups in total. The van der Waals surface area contributed by atoms with Gasteiger partial charge in [-0.3, -0.25) is 4.79 Å². The van der Waals surface area contributed by atoms with Crippen molar-refractivity contribution in [2.75, 3.05) is 5.01 Å². The number of hydrogen-bond acceptors (Lipinski definition) is 4. The molecule has 5 nitrogen and oxygen atoms in total. The third-order valence-electron chi connectivity index (χ3n) is 3.58. The van der Waals surface area contributed by atoms with Gasteiger partial charge in [-0.2, -0.15) is 33.5 Å². The summed E-state index contributed by atoms with van der Waals surface area (Å²) >= 11 is 0. The third-order valence-corrected chi connectivity index (χ3v) is 3.58. The molecule has 8 heteroatoms. The van der Waals surface area contributed by atoms with Crippen LogP contribution in [-0.2, 0) is 11.0 Å². The van der Waals surface area contributed by atoms with Crippen LogP contribution in [0.5, 0.6) is 0 Å². The Balaban J connectivity index is 1.76. The van der Waals surface area contributed by atoms with Gasteiger partial charge in [0.25, 0.3) is 5.91 Å². The van der Waals surface area contributed by atoms with Crippen LogP contribution < -0.4 is 5.01 Å². The highest BCUT2D eigenvalue weighted by molar-refractivity contribution is 6.18. The average molecular weight is 346 g/mol. The van der Waals surface area contributed by atoms with Gasteiger partial charge in [0, 0.05) is 0 Å². The summed E-state index contributed by atoms with van der Waals surface area (Å²) in [7, 11) is 0. The van der Waals surface area contributed by atoms with Gasteiger partial charge in [-0.15, -0.1) is 0 Å². The smallest absolute Gasteiger partial charge is 0.269 e. The lowest BCUT2D eigenvalue weighted by Gasteiger charge is -2.11. The maximum Gasteiger partial charge on any atom is 0.416 e. The summed E-state index contributed by atoms with van der Waals surface area (Å²) in [6, 6.07) is 12.2. The quantitative estimate of drug-likeness (QED) is 0.751. The first-order chi connectivity index (χ1) is 11.9. The second-order valence-electron chi connectivity index (χ2n) is 5.39. The first kappa shape index (κ1) is 16.8. The van der Waals surface area contributed by atoms with Gasteiger partial charge in [0.05, 0.1) is 22.6 Å². The molecule has 1 atom stereocenters. The molecule has 2 aromatic carbocycles. The van der Waals surface area contributed by atoms with E-state index in [4.69, 9.17) is 0 Å². The van der Waals surface area contributed by atoms with Crippen LogP contribution in [0.25, 0.3) is 0 Å². The van der Waals surface area contributed by atoms with Gasteiger partial charge >= 0.3 is 6.18 Å². The number of carbonyl (C=O) groups excluding carboxylic acids is 1. The van der Waals surface area contributed by atoms with Crippen molar-refractivity contribution in [1.29, 1.82) is 0 Å². The predicted molar refractivity (Wildman–Crippen MR) is 86.8 cm³/mol. The molecule has 1 aliphatic rings. The molecule has 1 amide bonds. The van der Waals surface area contributed by atoms with Crippen molar-refractivity contribution in [2.24, 2.45) is 15.3 Å². The van der Waals surface area contributed by atoms with E-state index < -0.39 is 17.8 Å². The number of rotatable bonds is 3. The largest absolute Gasteiger partial charge is 0.416 e. The fourth-order valence-corrected chi connectivity index (χ4v) is 2.28. The minimum absolute atomic E-state index is 0.228. The van der Waals surface area contributed by atoms with E-state index in [-0.39, 0.29) is 11.6 Å². The Bertz CT molecular complexity index is 829. The summed E-state index contributed by atoms with van der Waals surface area (Å²) in [5.41, 5.74) is 0.534. The number of para-hydroxylation sites is 1. The lowest BCUT2D eigenvalue weighted by atomic mass is 10.2. The van der Waals surface area contributed by atoms with Gasteiger partial charge in [0.2, 0.25) is 0 Å². The Labute approximate surface area is 141 Å². The highest BCUT2D eigenvalue weighted by atomic mass is 19.4. The van der Waals surface area contributed by atoms with E-state index in [0.717, 1.165) is 12.1 Å². The monoisotopic (exact) mass is 346 g/mol. The minimum atomic E-state index is -4.41. The number of alkyl halides is 3. The van der Waals surface area contributed by atoms with Crippen LogP contribution in [0.4, 0.5) is 24.5 Å². The standard InChI is InChI=1S/C17H13F3N4O/c1-11-15(16(25)24(23-11)14-5-3-2-4-6-14)22-21-13-9-7-12(8-10-13)17(18,19)20/h2-10,15H,1H3. The van der Waals surface area contributed by atoms with Gasteiger partial charge in [0.1, 0.15) is 0 Å². The predicted octanol–water partition coefficient (Wildman–Crippen LogP) is 4.58. The molecule has 0 bridgehead atoms. The summed E-state index contributed by atoms with van der Waals surface area (Å²) in [5, 5.41) is 13.2. The van der Waals surface area contributed by atoms with E-state index in [2.05, 4.69) is 15.3 Å². The van der Waals surface area contributed by atoms with Crippen molar-refractivity contribution in [3.05, 3.63) is 60.2 Å². The molecule has 0 aliphatic carbocycles. The second-order valence-corrected chi connectivity index (χ2v) is 5.39. The van der Waals surface area contributed by atoms with Gasteiger partial charge in [-0.1, -0.05) is 18.2 Å². The molecule has 128 valence electrons. The van der Waals surface area contributed by atoms with Crippen molar-refractivity contribution >= 4 is 23.0 Å². The van der Waals surface area contributed by atoms with Crippen LogP contribution in [-0.4, -0.2) is 17.7 Å². The maximum atomic E-state index is 12.5. The van der Waals surface area contributed by atoms with Crippen LogP contribution in [0.3, 0.4) is 0 Å². The highest BCUT2D eigenvalue weighted by Gasteiger charge is 2.34. The fraction of sp³-hybridized carbons (Fsp3) is 0.176. The molecule has 1 unspecified atom stereocenters. The Morgan fingerprint density at radius 3 is 2.28 bits per heavy atom. The molecule has 1 heterocycles. The molecule has 2 aromatic rings. The fourth-order valence-electron chi connectivity index (χ4n) is 2.28. The van der Waals surface area contributed by atoms with Crippen LogP contribution in [0.1, 0.15) is 12.5 Å². The van der Waals surface area contributed by atoms with Gasteiger partial charge in [0.15, 0.2) is 6.04 Å². The molecule has 0 radical (unpaired) electrons. The molecule has 1 aliphatic heterocycles. The molecule has 0 saturated carbocycles. The summed E-state index contributed by atoms with van der Waals surface area (Å²) in [6.45, 7) is 1.65. The Kier molecular flexibility index (Phi) is 4.35. The number of nitrogens with zero attached hydrogens (tertiary/aromatic N) is 4. The van der Waals surface area contributed by atoms with E-state index >= 15 is 0 Å². The van der Waals surface area contributed by atoms with Crippen LogP contribution >= 0.6 is 0 Å². The second kappa shape index (κ2) is 6.46. The van der Waals surface area contributed by atoms with E-state index in [0.29, 0.717) is 11.4 Å². The van der Waals surface area contributed by atoms with Crippen molar-refractivity contribution in [1.82, 2.24) is 0 Å². The number of azo groups is 1. The van der Waals surface area contributed by atoms with Crippen LogP contribution in [0, 0.1) is 0 Å². The van der Waals surface area contributed by atoms with Crippen molar-refractivity contribution < 1.29 is 18.0 Å². The van der Waals surface area contributed by atoms with Crippen LogP contribution in [0.15, 0.2) is 69.9 Å². The number of anilines is 1. The lowest BCUT2D eigenvalue weighted by Crippen LogP contribution is -2.29. The molecule has 0 fully saturated rings. The van der Waals surface area contributed by atoms with E-state index in [9.17, 15) is 18.0 Å².